The largest absolute Gasteiger partial charge is 0.504 e. The smallest absolute Gasteiger partial charge is 0.402 e. The summed E-state index contributed by atoms with van der Waals surface area (Å²) >= 11 is 0. The summed E-state index contributed by atoms with van der Waals surface area (Å²) in [5.41, 5.74) is 10.3. The van der Waals surface area contributed by atoms with Gasteiger partial charge in [0.25, 0.3) is 0 Å². The fourth-order valence-electron chi connectivity index (χ4n) is 0.891. The van der Waals surface area contributed by atoms with Crippen LogP contribution in [0.5, 0.6) is 11.5 Å². The van der Waals surface area contributed by atoms with Gasteiger partial charge in [-0.2, -0.15) is 0 Å². The van der Waals surface area contributed by atoms with Crippen molar-refractivity contribution in [1.82, 2.24) is 0 Å². The number of benzene rings is 1. The van der Waals surface area contributed by atoms with E-state index >= 15 is 0 Å². The highest BCUT2D eigenvalue weighted by molar-refractivity contribution is 5.61. The Hall–Kier alpha value is -1.95. The molecule has 6 nitrogen and oxygen atoms in total. The zero-order valence-corrected chi connectivity index (χ0v) is 8.05. The molecule has 1 aromatic carbocycles. The van der Waals surface area contributed by atoms with Gasteiger partial charge >= 0.3 is 6.09 Å². The van der Waals surface area contributed by atoms with Crippen molar-refractivity contribution in [3.8, 4) is 11.5 Å². The number of phenolic OH excluding ortho intramolecular Hbond substituents is 2. The van der Waals surface area contributed by atoms with Crippen molar-refractivity contribution in [2.45, 2.75) is 6.42 Å². The first-order valence-electron chi connectivity index (χ1n) is 4.16. The van der Waals surface area contributed by atoms with E-state index in [1.165, 1.54) is 12.1 Å². The van der Waals surface area contributed by atoms with Crippen LogP contribution in [0.1, 0.15) is 5.56 Å². The normalized spacial score (nSPS) is 8.87. The Morgan fingerprint density at radius 3 is 2.20 bits per heavy atom. The monoisotopic (exact) mass is 214 g/mol. The summed E-state index contributed by atoms with van der Waals surface area (Å²) in [6.07, 6.45) is -0.617. The maximum Gasteiger partial charge on any atom is 0.402 e. The summed E-state index contributed by atoms with van der Waals surface area (Å²) in [6, 6.07) is 4.71. The molecule has 0 aliphatic rings. The molecule has 1 rings (SSSR count). The molecule has 1 amide bonds. The van der Waals surface area contributed by atoms with Gasteiger partial charge < -0.3 is 26.8 Å². The lowest BCUT2D eigenvalue weighted by Gasteiger charge is -2.00. The van der Waals surface area contributed by atoms with E-state index in [1.54, 1.807) is 6.07 Å². The zero-order chi connectivity index (χ0) is 11.8. The van der Waals surface area contributed by atoms with Crippen molar-refractivity contribution in [1.29, 1.82) is 0 Å². The van der Waals surface area contributed by atoms with Crippen molar-refractivity contribution in [2.75, 3.05) is 6.54 Å². The second-order valence-electron chi connectivity index (χ2n) is 2.70. The summed E-state index contributed by atoms with van der Waals surface area (Å²) in [7, 11) is 0. The number of carboxylic acid groups (broad SMARTS) is 1. The van der Waals surface area contributed by atoms with E-state index < -0.39 is 6.09 Å². The molecule has 0 aromatic heterocycles. The molecule has 0 atom stereocenters. The van der Waals surface area contributed by atoms with Crippen molar-refractivity contribution >= 4 is 6.09 Å². The SMILES string of the molecule is NC(=O)O.NCCc1ccc(O)c(O)c1. The van der Waals surface area contributed by atoms with E-state index in [4.69, 9.17) is 25.8 Å². The van der Waals surface area contributed by atoms with Crippen molar-refractivity contribution < 1.29 is 20.1 Å². The van der Waals surface area contributed by atoms with E-state index in [-0.39, 0.29) is 11.5 Å². The molecule has 0 spiro atoms. The van der Waals surface area contributed by atoms with E-state index in [2.05, 4.69) is 5.73 Å². The Morgan fingerprint density at radius 1 is 1.27 bits per heavy atom. The highest BCUT2D eigenvalue weighted by atomic mass is 16.4. The second kappa shape index (κ2) is 6.50. The number of aromatic hydroxyl groups is 2. The molecule has 0 radical (unpaired) electrons. The van der Waals surface area contributed by atoms with Crippen LogP contribution in [-0.4, -0.2) is 28.0 Å². The molecule has 15 heavy (non-hydrogen) atoms. The molecule has 0 aliphatic heterocycles. The van der Waals surface area contributed by atoms with Gasteiger partial charge in [-0.1, -0.05) is 6.07 Å². The third-order valence-electron chi connectivity index (χ3n) is 1.47. The molecule has 0 saturated heterocycles. The van der Waals surface area contributed by atoms with Crippen molar-refractivity contribution in [3.63, 3.8) is 0 Å². The topological polar surface area (TPSA) is 130 Å². The third kappa shape index (κ3) is 6.17. The van der Waals surface area contributed by atoms with Gasteiger partial charge in [0.05, 0.1) is 0 Å². The minimum atomic E-state index is -1.33. The van der Waals surface area contributed by atoms with Gasteiger partial charge in [0.1, 0.15) is 0 Å². The van der Waals surface area contributed by atoms with Gasteiger partial charge in [0, 0.05) is 0 Å². The fourth-order valence-corrected chi connectivity index (χ4v) is 0.891. The summed E-state index contributed by atoms with van der Waals surface area (Å²) in [4.78, 5) is 8.78. The van der Waals surface area contributed by atoms with Gasteiger partial charge in [-0.25, -0.2) is 4.79 Å². The number of nitrogens with two attached hydrogens (primary N) is 2. The number of primary amides is 1. The van der Waals surface area contributed by atoms with Crippen LogP contribution >= 0.6 is 0 Å². The van der Waals surface area contributed by atoms with Crippen LogP contribution in [0.4, 0.5) is 4.79 Å². The van der Waals surface area contributed by atoms with Gasteiger partial charge in [0.2, 0.25) is 0 Å². The molecule has 0 saturated carbocycles. The Bertz CT molecular complexity index is 324. The van der Waals surface area contributed by atoms with Crippen LogP contribution in [0, 0.1) is 0 Å². The van der Waals surface area contributed by atoms with Gasteiger partial charge in [-0.05, 0) is 30.7 Å². The average molecular weight is 214 g/mol. The number of hydrogen-bond acceptors (Lipinski definition) is 4. The highest BCUT2D eigenvalue weighted by Gasteiger charge is 1.98. The van der Waals surface area contributed by atoms with Crippen LogP contribution in [0.3, 0.4) is 0 Å². The molecule has 1 aromatic rings. The first-order chi connectivity index (χ1) is 6.97. The number of hydrogen-bond donors (Lipinski definition) is 5. The number of rotatable bonds is 2. The second-order valence-corrected chi connectivity index (χ2v) is 2.70. The number of carbonyl (C=O) groups is 1. The van der Waals surface area contributed by atoms with Gasteiger partial charge in [-0.3, -0.25) is 0 Å². The predicted molar refractivity (Wildman–Crippen MR) is 54.7 cm³/mol. The molecule has 6 heteroatoms. The Kier molecular flexibility index (Phi) is 5.65. The number of amides is 1. The van der Waals surface area contributed by atoms with E-state index in [1.807, 2.05) is 0 Å². The third-order valence-corrected chi connectivity index (χ3v) is 1.47. The molecule has 7 N–H and O–H groups in total. The van der Waals surface area contributed by atoms with Crippen LogP contribution in [0.15, 0.2) is 18.2 Å². The zero-order valence-electron chi connectivity index (χ0n) is 8.05. The van der Waals surface area contributed by atoms with Gasteiger partial charge in [0.15, 0.2) is 11.5 Å². The Labute approximate surface area is 86.8 Å². The van der Waals surface area contributed by atoms with Gasteiger partial charge in [-0.15, -0.1) is 0 Å². The molecule has 0 aliphatic carbocycles. The standard InChI is InChI=1S/C8H11NO2.CH3NO2/c9-4-3-6-1-2-7(10)8(11)5-6;2-1(3)4/h1-2,5,10-11H,3-4,9H2;2H2,(H,3,4). The quantitative estimate of drug-likeness (QED) is 0.449. The first-order valence-corrected chi connectivity index (χ1v) is 4.16. The maximum atomic E-state index is 9.04. The molecular formula is C9H14N2O4. The Balaban J connectivity index is 0.000000423. The van der Waals surface area contributed by atoms with Crippen molar-refractivity contribution in [2.24, 2.45) is 11.5 Å². The van der Waals surface area contributed by atoms with Crippen LogP contribution < -0.4 is 11.5 Å². The molecule has 0 unspecified atom stereocenters. The lowest BCUT2D eigenvalue weighted by molar-refractivity contribution is 0.205. The molecule has 0 heterocycles. The minimum absolute atomic E-state index is 0.0871. The Morgan fingerprint density at radius 2 is 1.80 bits per heavy atom. The maximum absolute atomic E-state index is 9.04. The summed E-state index contributed by atoms with van der Waals surface area (Å²) in [6.45, 7) is 0.546. The molecule has 0 fully saturated rings. The predicted octanol–water partition coefficient (Wildman–Crippen LogP) is 0.222. The lowest BCUT2D eigenvalue weighted by atomic mass is 10.1. The lowest BCUT2D eigenvalue weighted by Crippen LogP contribution is -2.03. The van der Waals surface area contributed by atoms with E-state index in [0.717, 1.165) is 5.56 Å². The first kappa shape index (κ1) is 13.1. The minimum Gasteiger partial charge on any atom is -0.504 e. The summed E-state index contributed by atoms with van der Waals surface area (Å²) in [5.74, 6) is -0.179. The molecule has 84 valence electrons. The van der Waals surface area contributed by atoms with E-state index in [0.29, 0.717) is 13.0 Å². The summed E-state index contributed by atoms with van der Waals surface area (Å²) < 4.78 is 0. The van der Waals surface area contributed by atoms with Crippen LogP contribution in [0.2, 0.25) is 0 Å². The average Bonchev–Trinajstić information content (AvgIpc) is 2.11. The van der Waals surface area contributed by atoms with Crippen LogP contribution in [-0.2, 0) is 6.42 Å². The molecular weight excluding hydrogens is 200 g/mol. The molecule has 0 bridgehead atoms. The van der Waals surface area contributed by atoms with E-state index in [9.17, 15) is 0 Å². The fraction of sp³-hybridized carbons (Fsp3) is 0.222. The van der Waals surface area contributed by atoms with Crippen molar-refractivity contribution in [3.05, 3.63) is 23.8 Å². The van der Waals surface area contributed by atoms with Crippen LogP contribution in [0.25, 0.3) is 0 Å². The number of phenols is 2. The summed E-state index contributed by atoms with van der Waals surface area (Å²) in [5, 5.41) is 25.2. The highest BCUT2D eigenvalue weighted by Crippen LogP contribution is 2.24.